The lowest BCUT2D eigenvalue weighted by Crippen LogP contribution is -2.18. The van der Waals surface area contributed by atoms with Crippen LogP contribution in [0, 0.1) is 5.82 Å². The first-order chi connectivity index (χ1) is 14.0. The fourth-order valence-corrected chi connectivity index (χ4v) is 3.44. The highest BCUT2D eigenvalue weighted by atomic mass is 35.5. The number of ether oxygens (including phenoxy) is 2. The summed E-state index contributed by atoms with van der Waals surface area (Å²) in [6, 6.07) is 18.3. The predicted octanol–water partition coefficient (Wildman–Crippen LogP) is 6.57. The third-order valence-corrected chi connectivity index (χ3v) is 5.22. The lowest BCUT2D eigenvalue weighted by atomic mass is 10.1. The van der Waals surface area contributed by atoms with Gasteiger partial charge in [-0.3, -0.25) is 0 Å². The van der Waals surface area contributed by atoms with Gasteiger partial charge in [0.15, 0.2) is 11.5 Å². The van der Waals surface area contributed by atoms with Gasteiger partial charge in [-0.2, -0.15) is 0 Å². The molecule has 6 heteroatoms. The number of halogens is 3. The normalized spacial score (nSPS) is 11.9. The van der Waals surface area contributed by atoms with Gasteiger partial charge in [-0.25, -0.2) is 4.39 Å². The highest BCUT2D eigenvalue weighted by Gasteiger charge is 2.14. The molecule has 0 amide bonds. The molecule has 0 heterocycles. The van der Waals surface area contributed by atoms with Gasteiger partial charge < -0.3 is 14.8 Å². The molecule has 0 saturated carbocycles. The molecule has 1 atom stereocenters. The Hall–Kier alpha value is -2.27. The molecule has 0 bridgehead atoms. The van der Waals surface area contributed by atoms with Crippen molar-refractivity contribution in [1.82, 2.24) is 5.32 Å². The molecule has 3 nitrogen and oxygen atoms in total. The predicted molar refractivity (Wildman–Crippen MR) is 115 cm³/mol. The molecule has 3 aromatic rings. The zero-order chi connectivity index (χ0) is 20.8. The van der Waals surface area contributed by atoms with Crippen LogP contribution in [0.15, 0.2) is 60.7 Å². The van der Waals surface area contributed by atoms with Crippen molar-refractivity contribution in [3.05, 3.63) is 93.2 Å². The first kappa shape index (κ1) is 21.4. The molecule has 3 rings (SSSR count). The molecule has 0 radical (unpaired) electrons. The molecule has 0 aliphatic rings. The van der Waals surface area contributed by atoms with Crippen LogP contribution in [0.1, 0.15) is 29.7 Å². The van der Waals surface area contributed by atoms with E-state index in [1.54, 1.807) is 13.2 Å². The van der Waals surface area contributed by atoms with Gasteiger partial charge in [-0.15, -0.1) is 0 Å². The number of hydrogen-bond acceptors (Lipinski definition) is 3. The minimum absolute atomic E-state index is 0.151. The Morgan fingerprint density at radius 1 is 1.00 bits per heavy atom. The number of rotatable bonds is 8. The Balaban J connectivity index is 1.70. The Kier molecular flexibility index (Phi) is 7.37. The first-order valence-electron chi connectivity index (χ1n) is 9.19. The minimum atomic E-state index is -0.393. The van der Waals surface area contributed by atoms with Gasteiger partial charge >= 0.3 is 0 Å². The van der Waals surface area contributed by atoms with E-state index in [0.29, 0.717) is 33.7 Å². The van der Waals surface area contributed by atoms with E-state index in [1.165, 1.54) is 17.7 Å². The molecular weight excluding hydrogens is 412 g/mol. The fourth-order valence-electron chi connectivity index (χ4n) is 2.93. The molecule has 0 aliphatic carbocycles. The Bertz CT molecular complexity index is 967. The van der Waals surface area contributed by atoms with Crippen molar-refractivity contribution in [2.45, 2.75) is 26.1 Å². The molecule has 0 aliphatic heterocycles. The van der Waals surface area contributed by atoms with E-state index in [1.807, 2.05) is 30.3 Å². The van der Waals surface area contributed by atoms with Gasteiger partial charge in [0, 0.05) is 18.2 Å². The number of hydrogen-bond donors (Lipinski definition) is 1. The van der Waals surface area contributed by atoms with Crippen molar-refractivity contribution in [1.29, 1.82) is 0 Å². The van der Waals surface area contributed by atoms with Crippen LogP contribution in [0.25, 0.3) is 0 Å². The molecule has 1 N–H and O–H groups in total. The second-order valence-electron chi connectivity index (χ2n) is 6.65. The van der Waals surface area contributed by atoms with Crippen LogP contribution in [0.5, 0.6) is 11.5 Å². The summed E-state index contributed by atoms with van der Waals surface area (Å²) in [6.07, 6.45) is 0. The molecule has 3 aromatic carbocycles. The number of methoxy groups -OCH3 is 1. The van der Waals surface area contributed by atoms with E-state index < -0.39 is 5.82 Å². The largest absolute Gasteiger partial charge is 0.493 e. The summed E-state index contributed by atoms with van der Waals surface area (Å²) >= 11 is 12.5. The standard InChI is InChI=1S/C23H22Cl2FNO2/c1-15(17-6-4-3-5-7-17)27-13-16-10-21(25)23(22(11-16)28-2)29-14-18-8-9-19(26)12-20(18)24/h3-12,15,27H,13-14H2,1-2H3/t15-/m1/s1. The maximum absolute atomic E-state index is 13.2. The van der Waals surface area contributed by atoms with E-state index in [2.05, 4.69) is 24.4 Å². The average Bonchev–Trinajstić information content (AvgIpc) is 2.72. The van der Waals surface area contributed by atoms with Crippen molar-refractivity contribution in [2.75, 3.05) is 7.11 Å². The van der Waals surface area contributed by atoms with Crippen molar-refractivity contribution in [2.24, 2.45) is 0 Å². The average molecular weight is 434 g/mol. The van der Waals surface area contributed by atoms with Crippen molar-refractivity contribution < 1.29 is 13.9 Å². The van der Waals surface area contributed by atoms with E-state index in [4.69, 9.17) is 32.7 Å². The third-order valence-electron chi connectivity index (χ3n) is 4.59. The summed E-state index contributed by atoms with van der Waals surface area (Å²) < 4.78 is 24.5. The van der Waals surface area contributed by atoms with Gasteiger partial charge in [-0.05, 0) is 42.3 Å². The lowest BCUT2D eigenvalue weighted by molar-refractivity contribution is 0.284. The molecule has 0 fully saturated rings. The molecule has 0 unspecified atom stereocenters. The number of nitrogens with one attached hydrogen (secondary N) is 1. The quantitative estimate of drug-likeness (QED) is 0.435. The van der Waals surface area contributed by atoms with Gasteiger partial charge in [-0.1, -0.05) is 59.6 Å². The van der Waals surface area contributed by atoms with E-state index in [-0.39, 0.29) is 12.6 Å². The number of benzene rings is 3. The van der Waals surface area contributed by atoms with Crippen LogP contribution in [0.4, 0.5) is 4.39 Å². The summed E-state index contributed by atoms with van der Waals surface area (Å²) in [5.74, 6) is 0.560. The Morgan fingerprint density at radius 2 is 1.76 bits per heavy atom. The second-order valence-corrected chi connectivity index (χ2v) is 7.46. The molecule has 0 saturated heterocycles. The minimum Gasteiger partial charge on any atom is -0.493 e. The molecule has 29 heavy (non-hydrogen) atoms. The van der Waals surface area contributed by atoms with Gasteiger partial charge in [0.1, 0.15) is 12.4 Å². The lowest BCUT2D eigenvalue weighted by Gasteiger charge is -2.17. The Labute approximate surface area is 180 Å². The summed E-state index contributed by atoms with van der Waals surface area (Å²) in [5, 5.41) is 4.21. The SMILES string of the molecule is COc1cc(CN[C@H](C)c2ccccc2)cc(Cl)c1OCc1ccc(F)cc1Cl. The second kappa shape index (κ2) is 9.97. The van der Waals surface area contributed by atoms with Crippen LogP contribution in [-0.2, 0) is 13.2 Å². The Morgan fingerprint density at radius 3 is 2.45 bits per heavy atom. The smallest absolute Gasteiger partial charge is 0.180 e. The monoisotopic (exact) mass is 433 g/mol. The van der Waals surface area contributed by atoms with Crippen LogP contribution in [-0.4, -0.2) is 7.11 Å². The molecule has 0 spiro atoms. The maximum atomic E-state index is 13.2. The van der Waals surface area contributed by atoms with Crippen LogP contribution >= 0.6 is 23.2 Å². The van der Waals surface area contributed by atoms with Crippen molar-refractivity contribution in [3.63, 3.8) is 0 Å². The van der Waals surface area contributed by atoms with E-state index in [9.17, 15) is 4.39 Å². The summed E-state index contributed by atoms with van der Waals surface area (Å²) in [6.45, 7) is 2.88. The van der Waals surface area contributed by atoms with Crippen molar-refractivity contribution >= 4 is 23.2 Å². The van der Waals surface area contributed by atoms with Gasteiger partial charge in [0.2, 0.25) is 0 Å². The summed E-state index contributed by atoms with van der Waals surface area (Å²) in [7, 11) is 1.56. The van der Waals surface area contributed by atoms with E-state index >= 15 is 0 Å². The van der Waals surface area contributed by atoms with E-state index in [0.717, 1.165) is 5.56 Å². The molecular formula is C23H22Cl2FNO2. The summed E-state index contributed by atoms with van der Waals surface area (Å²) in [5.41, 5.74) is 2.84. The van der Waals surface area contributed by atoms with Gasteiger partial charge in [0.25, 0.3) is 0 Å². The first-order valence-corrected chi connectivity index (χ1v) is 9.95. The fraction of sp³-hybridized carbons (Fsp3) is 0.217. The zero-order valence-electron chi connectivity index (χ0n) is 16.2. The zero-order valence-corrected chi connectivity index (χ0v) is 17.7. The third kappa shape index (κ3) is 5.63. The van der Waals surface area contributed by atoms with Crippen LogP contribution < -0.4 is 14.8 Å². The molecule has 152 valence electrons. The highest BCUT2D eigenvalue weighted by Crippen LogP contribution is 2.37. The van der Waals surface area contributed by atoms with Crippen LogP contribution in [0.2, 0.25) is 10.0 Å². The summed E-state index contributed by atoms with van der Waals surface area (Å²) in [4.78, 5) is 0. The van der Waals surface area contributed by atoms with Crippen LogP contribution in [0.3, 0.4) is 0 Å². The molecule has 0 aromatic heterocycles. The van der Waals surface area contributed by atoms with Gasteiger partial charge in [0.05, 0.1) is 17.2 Å². The highest BCUT2D eigenvalue weighted by molar-refractivity contribution is 6.32. The maximum Gasteiger partial charge on any atom is 0.180 e. The topological polar surface area (TPSA) is 30.5 Å². The van der Waals surface area contributed by atoms with Crippen molar-refractivity contribution in [3.8, 4) is 11.5 Å².